The normalized spacial score (nSPS) is 39.7. The SMILES string of the molecule is CCOS(=O)(=O)O[C@@H]1C2C3[C@H]2C[C@H]1[C@H]3Sc1ccccc1. The number of thioether (sulfide) groups is 1. The summed E-state index contributed by atoms with van der Waals surface area (Å²) in [5.74, 6) is 2.05. The zero-order chi connectivity index (χ0) is 14.6. The van der Waals surface area contributed by atoms with Gasteiger partial charge in [-0.2, -0.15) is 8.42 Å². The van der Waals surface area contributed by atoms with Crippen LogP contribution in [-0.4, -0.2) is 26.4 Å². The molecule has 4 aliphatic carbocycles. The van der Waals surface area contributed by atoms with Gasteiger partial charge in [-0.1, -0.05) is 18.2 Å². The Kier molecular flexibility index (Phi) is 3.33. The van der Waals surface area contributed by atoms with Gasteiger partial charge in [-0.3, -0.25) is 0 Å². The van der Waals surface area contributed by atoms with Gasteiger partial charge in [0.2, 0.25) is 0 Å². The van der Waals surface area contributed by atoms with Crippen LogP contribution in [0.3, 0.4) is 0 Å². The first kappa shape index (κ1) is 14.1. The van der Waals surface area contributed by atoms with Crippen LogP contribution >= 0.6 is 11.8 Å². The maximum absolute atomic E-state index is 11.7. The van der Waals surface area contributed by atoms with Gasteiger partial charge in [0, 0.05) is 10.1 Å². The second kappa shape index (κ2) is 4.98. The quantitative estimate of drug-likeness (QED) is 0.804. The molecular weight excluding hydrogens is 308 g/mol. The van der Waals surface area contributed by atoms with Gasteiger partial charge >= 0.3 is 10.4 Å². The second-order valence-corrected chi connectivity index (χ2v) is 8.49. The van der Waals surface area contributed by atoms with Crippen LogP contribution in [0.2, 0.25) is 0 Å². The molecule has 6 atom stereocenters. The molecule has 5 rings (SSSR count). The molecule has 0 heterocycles. The zero-order valence-corrected chi connectivity index (χ0v) is 13.3. The minimum atomic E-state index is -3.83. The summed E-state index contributed by atoms with van der Waals surface area (Å²) in [5.41, 5.74) is 0. The van der Waals surface area contributed by atoms with E-state index in [0.717, 1.165) is 6.42 Å². The number of hydrogen-bond donors (Lipinski definition) is 0. The average Bonchev–Trinajstić information content (AvgIpc) is 2.70. The van der Waals surface area contributed by atoms with Gasteiger partial charge in [0.25, 0.3) is 0 Å². The predicted molar refractivity (Wildman–Crippen MR) is 80.1 cm³/mol. The lowest BCUT2D eigenvalue weighted by Gasteiger charge is -2.19. The topological polar surface area (TPSA) is 52.6 Å². The minimum absolute atomic E-state index is 0.124. The Hall–Kier alpha value is -0.560. The van der Waals surface area contributed by atoms with Crippen LogP contribution in [0.15, 0.2) is 35.2 Å². The highest BCUT2D eigenvalue weighted by Crippen LogP contribution is 2.74. The van der Waals surface area contributed by atoms with Crippen LogP contribution in [0.1, 0.15) is 13.3 Å². The summed E-state index contributed by atoms with van der Waals surface area (Å²) in [6.45, 7) is 1.78. The van der Waals surface area contributed by atoms with Gasteiger partial charge in [-0.15, -0.1) is 11.8 Å². The van der Waals surface area contributed by atoms with Gasteiger partial charge < -0.3 is 0 Å². The van der Waals surface area contributed by atoms with Crippen LogP contribution < -0.4 is 0 Å². The van der Waals surface area contributed by atoms with Gasteiger partial charge in [0.05, 0.1) is 12.7 Å². The van der Waals surface area contributed by atoms with E-state index in [1.54, 1.807) is 6.92 Å². The standard InChI is InChI=1S/C15H18O4S2/c1-2-18-21(16,17)19-14-11-8-10-12(14)13(10)15(11)20-9-6-4-3-5-7-9/h3-7,10-15H,2,8H2,1H3/t10-,11+,12?,13?,14-,15+/m0/s1. The minimum Gasteiger partial charge on any atom is -0.248 e. The molecule has 4 aliphatic rings. The van der Waals surface area contributed by atoms with E-state index in [9.17, 15) is 8.42 Å². The molecule has 21 heavy (non-hydrogen) atoms. The number of hydrogen-bond acceptors (Lipinski definition) is 5. The summed E-state index contributed by atoms with van der Waals surface area (Å²) in [4.78, 5) is 1.26. The first-order valence-corrected chi connectivity index (χ1v) is 9.61. The summed E-state index contributed by atoms with van der Waals surface area (Å²) in [6.07, 6.45) is 0.935. The van der Waals surface area contributed by atoms with Crippen LogP contribution in [-0.2, 0) is 18.8 Å². The van der Waals surface area contributed by atoms with E-state index in [1.807, 2.05) is 30.0 Å². The molecule has 4 nitrogen and oxygen atoms in total. The van der Waals surface area contributed by atoms with Crippen molar-refractivity contribution in [1.29, 1.82) is 0 Å². The number of benzene rings is 1. The molecule has 0 aliphatic heterocycles. The highest BCUT2D eigenvalue weighted by Gasteiger charge is 2.75. The summed E-state index contributed by atoms with van der Waals surface area (Å²) in [6, 6.07) is 10.3. The Balaban J connectivity index is 1.47. The Bertz CT molecular complexity index is 630. The first-order chi connectivity index (χ1) is 10.1. The van der Waals surface area contributed by atoms with E-state index >= 15 is 0 Å². The van der Waals surface area contributed by atoms with Crippen molar-refractivity contribution >= 4 is 22.2 Å². The van der Waals surface area contributed by atoms with Crippen LogP contribution in [0, 0.1) is 23.7 Å². The zero-order valence-electron chi connectivity index (χ0n) is 11.7. The fourth-order valence-corrected chi connectivity index (χ4v) is 6.77. The maximum Gasteiger partial charge on any atom is 0.400 e. The molecule has 0 spiro atoms. The van der Waals surface area contributed by atoms with Gasteiger partial charge in [-0.25, -0.2) is 8.37 Å². The van der Waals surface area contributed by atoms with Crippen LogP contribution in [0.5, 0.6) is 0 Å². The molecule has 2 unspecified atom stereocenters. The molecule has 4 bridgehead atoms. The fraction of sp³-hybridized carbons (Fsp3) is 0.600. The Morgan fingerprint density at radius 1 is 1.19 bits per heavy atom. The van der Waals surface area contributed by atoms with E-state index in [0.29, 0.717) is 28.9 Å². The molecule has 114 valence electrons. The van der Waals surface area contributed by atoms with Crippen molar-refractivity contribution in [2.75, 3.05) is 6.61 Å². The number of rotatable bonds is 6. The third-order valence-electron chi connectivity index (χ3n) is 4.95. The lowest BCUT2D eigenvalue weighted by molar-refractivity contribution is 0.132. The molecular formula is C15H18O4S2. The van der Waals surface area contributed by atoms with Crippen molar-refractivity contribution in [2.24, 2.45) is 23.7 Å². The van der Waals surface area contributed by atoms with Crippen molar-refractivity contribution in [2.45, 2.75) is 29.6 Å². The summed E-state index contributed by atoms with van der Waals surface area (Å²) in [5, 5.41) is 0.490. The smallest absolute Gasteiger partial charge is 0.248 e. The third-order valence-corrected chi connectivity index (χ3v) is 7.41. The van der Waals surface area contributed by atoms with Crippen molar-refractivity contribution in [1.82, 2.24) is 0 Å². The largest absolute Gasteiger partial charge is 0.400 e. The first-order valence-electron chi connectivity index (χ1n) is 7.40. The lowest BCUT2D eigenvalue weighted by Crippen LogP contribution is -2.26. The van der Waals surface area contributed by atoms with Crippen molar-refractivity contribution < 1.29 is 16.8 Å². The molecule has 0 amide bonds. The van der Waals surface area contributed by atoms with Crippen LogP contribution in [0.25, 0.3) is 0 Å². The molecule has 1 aromatic rings. The summed E-state index contributed by atoms with van der Waals surface area (Å²) < 4.78 is 33.5. The van der Waals surface area contributed by atoms with E-state index in [4.69, 9.17) is 8.37 Å². The molecule has 4 fully saturated rings. The molecule has 0 radical (unpaired) electrons. The monoisotopic (exact) mass is 326 g/mol. The van der Waals surface area contributed by atoms with Crippen molar-refractivity contribution in [3.8, 4) is 0 Å². The summed E-state index contributed by atoms with van der Waals surface area (Å²) >= 11 is 1.88. The van der Waals surface area contributed by atoms with E-state index in [-0.39, 0.29) is 12.7 Å². The highest BCUT2D eigenvalue weighted by molar-refractivity contribution is 8.00. The van der Waals surface area contributed by atoms with E-state index in [1.165, 1.54) is 4.90 Å². The lowest BCUT2D eigenvalue weighted by atomic mass is 10.1. The predicted octanol–water partition coefficient (Wildman–Crippen LogP) is 2.71. The van der Waals surface area contributed by atoms with Crippen molar-refractivity contribution in [3.63, 3.8) is 0 Å². The maximum atomic E-state index is 11.7. The van der Waals surface area contributed by atoms with E-state index in [2.05, 4.69) is 12.1 Å². The molecule has 0 aromatic heterocycles. The van der Waals surface area contributed by atoms with Gasteiger partial charge in [0.1, 0.15) is 0 Å². The molecule has 0 N–H and O–H groups in total. The van der Waals surface area contributed by atoms with Crippen LogP contribution in [0.4, 0.5) is 0 Å². The van der Waals surface area contributed by atoms with Gasteiger partial charge in [-0.05, 0) is 49.1 Å². The van der Waals surface area contributed by atoms with Gasteiger partial charge in [0.15, 0.2) is 0 Å². The Labute approximate surface area is 129 Å². The summed E-state index contributed by atoms with van der Waals surface area (Å²) in [7, 11) is -3.83. The van der Waals surface area contributed by atoms with Crippen molar-refractivity contribution in [3.05, 3.63) is 30.3 Å². The second-order valence-electron chi connectivity index (χ2n) is 5.99. The van der Waals surface area contributed by atoms with E-state index < -0.39 is 10.4 Å². The molecule has 4 saturated carbocycles. The highest BCUT2D eigenvalue weighted by atomic mass is 32.3. The molecule has 1 aromatic carbocycles. The fourth-order valence-electron chi connectivity index (χ4n) is 4.27. The Morgan fingerprint density at radius 3 is 2.62 bits per heavy atom. The molecule has 0 saturated heterocycles. The average molecular weight is 326 g/mol. The molecule has 6 heteroatoms. The third kappa shape index (κ3) is 2.32. The Morgan fingerprint density at radius 2 is 1.95 bits per heavy atom.